The molecule has 5 nitrogen and oxygen atoms in total. The smallest absolute Gasteiger partial charge is 0.240 e. The van der Waals surface area contributed by atoms with E-state index in [1.54, 1.807) is 4.90 Å². The van der Waals surface area contributed by atoms with Gasteiger partial charge in [-0.2, -0.15) is 0 Å². The number of hydrogen-bond donors (Lipinski definition) is 1. The first kappa shape index (κ1) is 17.3. The van der Waals surface area contributed by atoms with E-state index in [4.69, 9.17) is 4.74 Å². The van der Waals surface area contributed by atoms with Gasteiger partial charge in [0.05, 0.1) is 5.41 Å². The molecular formula is C23H24N2O3. The topological polar surface area (TPSA) is 58.6 Å². The molecule has 28 heavy (non-hydrogen) atoms. The van der Waals surface area contributed by atoms with Crippen molar-refractivity contribution in [2.45, 2.75) is 25.2 Å². The molecule has 2 fully saturated rings. The van der Waals surface area contributed by atoms with Gasteiger partial charge in [0.1, 0.15) is 18.9 Å². The van der Waals surface area contributed by atoms with E-state index in [1.165, 1.54) is 12.8 Å². The number of para-hydroxylation sites is 2. The quantitative estimate of drug-likeness (QED) is 0.808. The first-order chi connectivity index (χ1) is 13.7. The average molecular weight is 376 g/mol. The van der Waals surface area contributed by atoms with Crippen molar-refractivity contribution >= 4 is 17.5 Å². The molecule has 0 bridgehead atoms. The Labute approximate surface area is 164 Å². The van der Waals surface area contributed by atoms with Crippen LogP contribution in [0.4, 0.5) is 5.69 Å². The fourth-order valence-electron chi connectivity index (χ4n) is 4.24. The number of fused-ring (bicyclic) bond motifs is 3. The summed E-state index contributed by atoms with van der Waals surface area (Å²) in [4.78, 5) is 27.6. The van der Waals surface area contributed by atoms with Crippen molar-refractivity contribution in [2.24, 2.45) is 11.3 Å². The van der Waals surface area contributed by atoms with Crippen LogP contribution in [0.3, 0.4) is 0 Å². The Bertz CT molecular complexity index is 909. The number of carbonyl (C=O) groups excluding carboxylic acids is 2. The molecule has 0 spiro atoms. The molecule has 5 rings (SSSR count). The fourth-order valence-corrected chi connectivity index (χ4v) is 4.24. The molecule has 0 radical (unpaired) electrons. The Morgan fingerprint density at radius 3 is 2.64 bits per heavy atom. The van der Waals surface area contributed by atoms with Gasteiger partial charge in [0.15, 0.2) is 0 Å². The van der Waals surface area contributed by atoms with Crippen LogP contribution in [-0.4, -0.2) is 31.5 Å². The molecule has 0 saturated heterocycles. The zero-order valence-corrected chi connectivity index (χ0v) is 15.8. The summed E-state index contributed by atoms with van der Waals surface area (Å²) in [5.74, 6) is 1.47. The lowest BCUT2D eigenvalue weighted by molar-refractivity contribution is -0.128. The lowest BCUT2D eigenvalue weighted by Crippen LogP contribution is -2.48. The van der Waals surface area contributed by atoms with Crippen LogP contribution < -0.4 is 15.0 Å². The van der Waals surface area contributed by atoms with Crippen LogP contribution in [-0.2, 0) is 9.59 Å². The Hall–Kier alpha value is -2.82. The van der Waals surface area contributed by atoms with E-state index in [9.17, 15) is 9.59 Å². The standard InChI is InChI=1S/C23H24N2O3/c26-21(24-13-16-10-11-16)14-25-20-9-5-4-8-18(20)19-12-23(19,22(25)27)15-28-17-6-2-1-3-7-17/h1-9,16,19H,10-15H2,(H,24,26)/t19-,23+/m0/s1. The molecule has 1 N–H and O–H groups in total. The zero-order valence-electron chi connectivity index (χ0n) is 15.8. The minimum Gasteiger partial charge on any atom is -0.492 e. The number of benzene rings is 2. The van der Waals surface area contributed by atoms with Crippen molar-refractivity contribution in [1.29, 1.82) is 0 Å². The van der Waals surface area contributed by atoms with Crippen molar-refractivity contribution in [3.05, 3.63) is 60.2 Å². The number of hydrogen-bond acceptors (Lipinski definition) is 3. The summed E-state index contributed by atoms with van der Waals surface area (Å²) >= 11 is 0. The molecule has 0 unspecified atom stereocenters. The highest BCUT2D eigenvalue weighted by atomic mass is 16.5. The first-order valence-electron chi connectivity index (χ1n) is 10.0. The van der Waals surface area contributed by atoms with Crippen LogP contribution in [0.25, 0.3) is 0 Å². The predicted octanol–water partition coefficient (Wildman–Crippen LogP) is 3.11. The normalized spacial score (nSPS) is 24.9. The van der Waals surface area contributed by atoms with E-state index in [-0.39, 0.29) is 24.3 Å². The van der Waals surface area contributed by atoms with Crippen LogP contribution in [0.2, 0.25) is 0 Å². The largest absolute Gasteiger partial charge is 0.492 e. The number of anilines is 1. The highest BCUT2D eigenvalue weighted by Crippen LogP contribution is 2.65. The van der Waals surface area contributed by atoms with Gasteiger partial charge in [-0.15, -0.1) is 0 Å². The van der Waals surface area contributed by atoms with Gasteiger partial charge in [-0.3, -0.25) is 9.59 Å². The van der Waals surface area contributed by atoms with Crippen LogP contribution in [0.5, 0.6) is 5.75 Å². The molecule has 2 aliphatic carbocycles. The van der Waals surface area contributed by atoms with Gasteiger partial charge in [-0.05, 0) is 48.9 Å². The SMILES string of the molecule is O=C(CN1C(=O)[C@@]2(COc3ccccc3)C[C@H]2c2ccccc21)NCC1CC1. The second kappa shape index (κ2) is 6.66. The second-order valence-electron chi connectivity index (χ2n) is 8.21. The Kier molecular flexibility index (Phi) is 4.11. The summed E-state index contributed by atoms with van der Waals surface area (Å²) in [6.45, 7) is 1.13. The third-order valence-corrected chi connectivity index (χ3v) is 6.18. The fraction of sp³-hybridized carbons (Fsp3) is 0.391. The van der Waals surface area contributed by atoms with Crippen LogP contribution >= 0.6 is 0 Å². The van der Waals surface area contributed by atoms with Gasteiger partial charge >= 0.3 is 0 Å². The van der Waals surface area contributed by atoms with E-state index in [0.29, 0.717) is 19.1 Å². The third-order valence-electron chi connectivity index (χ3n) is 6.18. The summed E-state index contributed by atoms with van der Waals surface area (Å²) in [6.07, 6.45) is 3.15. The molecule has 2 aromatic carbocycles. The Balaban J connectivity index is 1.36. The van der Waals surface area contributed by atoms with Crippen molar-refractivity contribution < 1.29 is 14.3 Å². The summed E-state index contributed by atoms with van der Waals surface area (Å²) in [6, 6.07) is 17.5. The summed E-state index contributed by atoms with van der Waals surface area (Å²) < 4.78 is 5.97. The Morgan fingerprint density at radius 2 is 1.86 bits per heavy atom. The van der Waals surface area contributed by atoms with Crippen LogP contribution in [0, 0.1) is 11.3 Å². The van der Waals surface area contributed by atoms with Crippen molar-refractivity contribution in [2.75, 3.05) is 24.6 Å². The molecular weight excluding hydrogens is 352 g/mol. The number of rotatable bonds is 7. The van der Waals surface area contributed by atoms with Gasteiger partial charge in [0.25, 0.3) is 0 Å². The van der Waals surface area contributed by atoms with Gasteiger partial charge in [0.2, 0.25) is 11.8 Å². The summed E-state index contributed by atoms with van der Waals surface area (Å²) in [5.41, 5.74) is 1.46. The molecule has 1 aliphatic heterocycles. The lowest BCUT2D eigenvalue weighted by atomic mass is 9.92. The summed E-state index contributed by atoms with van der Waals surface area (Å²) in [7, 11) is 0. The van der Waals surface area contributed by atoms with E-state index in [2.05, 4.69) is 11.4 Å². The highest BCUT2D eigenvalue weighted by molar-refractivity contribution is 6.07. The number of nitrogens with zero attached hydrogens (tertiary/aromatic N) is 1. The maximum atomic E-state index is 13.4. The highest BCUT2D eigenvalue weighted by Gasteiger charge is 2.66. The average Bonchev–Trinajstić information content (AvgIpc) is 3.64. The van der Waals surface area contributed by atoms with Crippen molar-refractivity contribution in [1.82, 2.24) is 5.32 Å². The molecule has 5 heteroatoms. The molecule has 2 atom stereocenters. The monoisotopic (exact) mass is 376 g/mol. The first-order valence-corrected chi connectivity index (χ1v) is 10.0. The van der Waals surface area contributed by atoms with Crippen molar-refractivity contribution in [3.8, 4) is 5.75 Å². The third kappa shape index (κ3) is 3.05. The molecule has 1 heterocycles. The maximum Gasteiger partial charge on any atom is 0.240 e. The van der Waals surface area contributed by atoms with Crippen LogP contribution in [0.15, 0.2) is 54.6 Å². The van der Waals surface area contributed by atoms with Gasteiger partial charge in [-0.25, -0.2) is 0 Å². The van der Waals surface area contributed by atoms with E-state index < -0.39 is 5.41 Å². The minimum absolute atomic E-state index is 0.00806. The zero-order chi connectivity index (χ0) is 19.1. The molecule has 0 aromatic heterocycles. The predicted molar refractivity (Wildman–Crippen MR) is 106 cm³/mol. The van der Waals surface area contributed by atoms with E-state index in [0.717, 1.165) is 23.4 Å². The second-order valence-corrected chi connectivity index (χ2v) is 8.21. The Morgan fingerprint density at radius 1 is 1.11 bits per heavy atom. The number of ether oxygens (including phenoxy) is 1. The van der Waals surface area contributed by atoms with Gasteiger partial charge in [-0.1, -0.05) is 36.4 Å². The summed E-state index contributed by atoms with van der Waals surface area (Å²) in [5, 5.41) is 2.98. The molecule has 2 aromatic rings. The number of amides is 2. The molecule has 2 amide bonds. The van der Waals surface area contributed by atoms with Crippen molar-refractivity contribution in [3.63, 3.8) is 0 Å². The maximum absolute atomic E-state index is 13.4. The van der Waals surface area contributed by atoms with E-state index >= 15 is 0 Å². The number of nitrogens with one attached hydrogen (secondary N) is 1. The van der Waals surface area contributed by atoms with Gasteiger partial charge in [0, 0.05) is 18.2 Å². The lowest BCUT2D eigenvalue weighted by Gasteiger charge is -2.33. The van der Waals surface area contributed by atoms with Crippen LogP contribution in [0.1, 0.15) is 30.7 Å². The molecule has 2 saturated carbocycles. The minimum atomic E-state index is -0.555. The molecule has 144 valence electrons. The number of carbonyl (C=O) groups is 2. The van der Waals surface area contributed by atoms with E-state index in [1.807, 2.05) is 48.5 Å². The van der Waals surface area contributed by atoms with Gasteiger partial charge < -0.3 is 15.0 Å². The molecule has 3 aliphatic rings.